The van der Waals surface area contributed by atoms with Crippen LogP contribution >= 0.6 is 0 Å². The predicted molar refractivity (Wildman–Crippen MR) is 122 cm³/mol. The van der Waals surface area contributed by atoms with E-state index in [0.717, 1.165) is 30.4 Å². The van der Waals surface area contributed by atoms with Gasteiger partial charge in [-0.15, -0.1) is 0 Å². The Balaban J connectivity index is 1.49. The number of piperidine rings is 1. The van der Waals surface area contributed by atoms with Crippen LogP contribution in [-0.4, -0.2) is 47.0 Å². The molecule has 0 aliphatic carbocycles. The molecular formula is C25H30F3N3O4. The first kappa shape index (κ1) is 25.1. The molecule has 0 unspecified atom stereocenters. The monoisotopic (exact) mass is 493 g/mol. The second-order valence-electron chi connectivity index (χ2n) is 10.1. The number of rotatable bonds is 4. The minimum absolute atomic E-state index is 0.145. The van der Waals surface area contributed by atoms with Crippen LogP contribution in [0.25, 0.3) is 0 Å². The molecular weight excluding hydrogens is 463 g/mol. The molecule has 2 aliphatic heterocycles. The van der Waals surface area contributed by atoms with E-state index in [2.05, 4.69) is 4.98 Å². The number of ether oxygens (including phenoxy) is 1. The Hall–Kier alpha value is -3.04. The number of carbonyl (C=O) groups is 2. The van der Waals surface area contributed by atoms with Crippen LogP contribution in [0.5, 0.6) is 0 Å². The topological polar surface area (TPSA) is 75.9 Å². The number of hydrogen-bond acceptors (Lipinski definition) is 6. The maximum atomic E-state index is 13.6. The van der Waals surface area contributed by atoms with E-state index in [9.17, 15) is 22.8 Å². The number of Topliss-reactive ketones (excluding diaryl/α,β-unsaturated/α-hetero) is 1. The van der Waals surface area contributed by atoms with Gasteiger partial charge in [0.1, 0.15) is 5.60 Å². The SMILES string of the molecule is CC(C)(C)OC(=O)N1CCc2cc(CC(=O)c3oc(N4CCCCC4)nc3C(F)(F)F)ccc2C1. The van der Waals surface area contributed by atoms with Crippen LogP contribution in [0.3, 0.4) is 0 Å². The highest BCUT2D eigenvalue weighted by atomic mass is 19.4. The lowest BCUT2D eigenvalue weighted by Gasteiger charge is -2.31. The normalized spacial score (nSPS) is 16.7. The lowest BCUT2D eigenvalue weighted by Crippen LogP contribution is -2.39. The summed E-state index contributed by atoms with van der Waals surface area (Å²) in [5.41, 5.74) is 0.599. The molecule has 0 bridgehead atoms. The molecule has 1 amide bonds. The van der Waals surface area contributed by atoms with Crippen molar-refractivity contribution in [2.24, 2.45) is 0 Å². The van der Waals surface area contributed by atoms with Crippen molar-refractivity contribution in [3.8, 4) is 0 Å². The molecule has 2 aliphatic rings. The maximum absolute atomic E-state index is 13.6. The van der Waals surface area contributed by atoms with Crippen molar-refractivity contribution >= 4 is 17.9 Å². The van der Waals surface area contributed by atoms with Crippen LogP contribution in [0, 0.1) is 0 Å². The molecule has 0 atom stereocenters. The minimum atomic E-state index is -4.79. The molecule has 1 fully saturated rings. The zero-order valence-electron chi connectivity index (χ0n) is 20.2. The fraction of sp³-hybridized carbons (Fsp3) is 0.560. The van der Waals surface area contributed by atoms with Gasteiger partial charge in [-0.1, -0.05) is 18.2 Å². The van der Waals surface area contributed by atoms with Crippen molar-refractivity contribution in [1.82, 2.24) is 9.88 Å². The number of fused-ring (bicyclic) bond motifs is 1. The quantitative estimate of drug-likeness (QED) is 0.531. The molecule has 0 saturated carbocycles. The Kier molecular flexibility index (Phi) is 6.83. The number of carbonyl (C=O) groups excluding carboxylic acids is 2. The van der Waals surface area contributed by atoms with Gasteiger partial charge in [0.2, 0.25) is 11.5 Å². The van der Waals surface area contributed by atoms with E-state index in [-0.39, 0.29) is 12.4 Å². The first-order valence-corrected chi connectivity index (χ1v) is 11.9. The minimum Gasteiger partial charge on any atom is -0.444 e. The summed E-state index contributed by atoms with van der Waals surface area (Å²) in [7, 11) is 0. The standard InChI is InChI=1S/C25H30F3N3O4/c1-24(2,3)35-23(33)31-12-9-17-13-16(7-8-18(17)15-31)14-19(32)20-21(25(26,27)28)29-22(34-20)30-10-5-4-6-11-30/h7-8,13H,4-6,9-12,14-15H2,1-3H3. The number of alkyl halides is 3. The second-order valence-corrected chi connectivity index (χ2v) is 10.1. The summed E-state index contributed by atoms with van der Waals surface area (Å²) in [6.07, 6.45) is -2.17. The zero-order chi connectivity index (χ0) is 25.4. The summed E-state index contributed by atoms with van der Waals surface area (Å²) in [6.45, 7) is 7.35. The van der Waals surface area contributed by atoms with E-state index >= 15 is 0 Å². The summed E-state index contributed by atoms with van der Waals surface area (Å²) in [6, 6.07) is 5.17. The van der Waals surface area contributed by atoms with Crippen LogP contribution in [-0.2, 0) is 30.3 Å². The van der Waals surface area contributed by atoms with Gasteiger partial charge in [-0.25, -0.2) is 4.79 Å². The van der Waals surface area contributed by atoms with E-state index in [4.69, 9.17) is 9.15 Å². The van der Waals surface area contributed by atoms with E-state index in [1.54, 1.807) is 42.7 Å². The summed E-state index contributed by atoms with van der Waals surface area (Å²) >= 11 is 0. The van der Waals surface area contributed by atoms with Crippen molar-refractivity contribution in [3.05, 3.63) is 46.3 Å². The van der Waals surface area contributed by atoms with Gasteiger partial charge in [-0.05, 0) is 63.1 Å². The molecule has 3 heterocycles. The first-order valence-electron chi connectivity index (χ1n) is 11.9. The fourth-order valence-corrected chi connectivity index (χ4v) is 4.37. The van der Waals surface area contributed by atoms with Gasteiger partial charge in [0, 0.05) is 32.6 Å². The first-order chi connectivity index (χ1) is 16.4. The molecule has 4 rings (SSSR count). The fourth-order valence-electron chi connectivity index (χ4n) is 4.37. The molecule has 190 valence electrons. The van der Waals surface area contributed by atoms with Gasteiger partial charge < -0.3 is 19.0 Å². The lowest BCUT2D eigenvalue weighted by atomic mass is 9.95. The lowest BCUT2D eigenvalue weighted by molar-refractivity contribution is -0.141. The Morgan fingerprint density at radius 1 is 1.06 bits per heavy atom. The number of nitrogens with zero attached hydrogens (tertiary/aromatic N) is 3. The average molecular weight is 494 g/mol. The highest BCUT2D eigenvalue weighted by Crippen LogP contribution is 2.35. The molecule has 10 heteroatoms. The number of amides is 1. The average Bonchev–Trinajstić information content (AvgIpc) is 3.25. The molecule has 0 spiro atoms. The molecule has 0 N–H and O–H groups in total. The Bertz CT molecular complexity index is 1100. The molecule has 7 nitrogen and oxygen atoms in total. The largest absolute Gasteiger partial charge is 0.444 e. The van der Waals surface area contributed by atoms with Crippen LogP contribution in [0.15, 0.2) is 22.6 Å². The highest BCUT2D eigenvalue weighted by Gasteiger charge is 2.41. The third-order valence-electron chi connectivity index (χ3n) is 6.06. The second kappa shape index (κ2) is 9.54. The highest BCUT2D eigenvalue weighted by molar-refractivity contribution is 5.96. The molecule has 1 saturated heterocycles. The van der Waals surface area contributed by atoms with E-state index in [1.807, 2.05) is 6.07 Å². The van der Waals surface area contributed by atoms with Crippen molar-refractivity contribution in [1.29, 1.82) is 0 Å². The van der Waals surface area contributed by atoms with Gasteiger partial charge in [0.05, 0.1) is 0 Å². The summed E-state index contributed by atoms with van der Waals surface area (Å²) in [4.78, 5) is 32.2. The number of halogens is 3. The van der Waals surface area contributed by atoms with Gasteiger partial charge >= 0.3 is 12.3 Å². The Morgan fingerprint density at radius 2 is 1.77 bits per heavy atom. The number of aromatic nitrogens is 1. The van der Waals surface area contributed by atoms with Crippen molar-refractivity contribution in [2.45, 2.75) is 71.2 Å². The molecule has 1 aromatic carbocycles. The number of hydrogen-bond donors (Lipinski definition) is 0. The van der Waals surface area contributed by atoms with Crippen LogP contribution in [0.1, 0.15) is 73.0 Å². The molecule has 2 aromatic rings. The summed E-state index contributed by atoms with van der Waals surface area (Å²) < 4.78 is 51.7. The van der Waals surface area contributed by atoms with E-state index in [1.165, 1.54) is 0 Å². The number of oxazole rings is 1. The molecule has 1 aromatic heterocycles. The third kappa shape index (κ3) is 5.97. The number of anilines is 1. The summed E-state index contributed by atoms with van der Waals surface area (Å²) in [5.74, 6) is -1.51. The zero-order valence-corrected chi connectivity index (χ0v) is 20.2. The molecule has 0 radical (unpaired) electrons. The third-order valence-corrected chi connectivity index (χ3v) is 6.06. The van der Waals surface area contributed by atoms with E-state index < -0.39 is 35.1 Å². The summed E-state index contributed by atoms with van der Waals surface area (Å²) in [5, 5.41) is 0. The van der Waals surface area contributed by atoms with Crippen LogP contribution in [0.2, 0.25) is 0 Å². The Labute approximate surface area is 202 Å². The van der Waals surface area contributed by atoms with Crippen molar-refractivity contribution < 1.29 is 31.9 Å². The van der Waals surface area contributed by atoms with Crippen LogP contribution < -0.4 is 4.90 Å². The van der Waals surface area contributed by atoms with Gasteiger partial charge in [-0.3, -0.25) is 4.79 Å². The van der Waals surface area contributed by atoms with Gasteiger partial charge in [-0.2, -0.15) is 18.2 Å². The number of ketones is 1. The molecule has 35 heavy (non-hydrogen) atoms. The van der Waals surface area contributed by atoms with E-state index in [0.29, 0.717) is 38.2 Å². The Morgan fingerprint density at radius 3 is 2.43 bits per heavy atom. The van der Waals surface area contributed by atoms with Crippen molar-refractivity contribution in [2.75, 3.05) is 24.5 Å². The van der Waals surface area contributed by atoms with Crippen LogP contribution in [0.4, 0.5) is 24.0 Å². The van der Waals surface area contributed by atoms with Gasteiger partial charge in [0.15, 0.2) is 5.69 Å². The maximum Gasteiger partial charge on any atom is 0.437 e. The smallest absolute Gasteiger partial charge is 0.437 e. The van der Waals surface area contributed by atoms with Gasteiger partial charge in [0.25, 0.3) is 6.01 Å². The van der Waals surface area contributed by atoms with Crippen molar-refractivity contribution in [3.63, 3.8) is 0 Å². The predicted octanol–water partition coefficient (Wildman–Crippen LogP) is 5.40. The number of benzene rings is 1.